The minimum absolute atomic E-state index is 0.0623. The lowest BCUT2D eigenvalue weighted by Gasteiger charge is -2.16. The van der Waals surface area contributed by atoms with Crippen molar-refractivity contribution < 1.29 is 24.1 Å². The molecule has 6 rings (SSSR count). The molecule has 0 aliphatic heterocycles. The van der Waals surface area contributed by atoms with Crippen molar-refractivity contribution in [3.05, 3.63) is 82.7 Å². The molecule has 0 saturated carbocycles. The quantitative estimate of drug-likeness (QED) is 0.102. The van der Waals surface area contributed by atoms with Crippen LogP contribution in [-0.4, -0.2) is 54.2 Å². The first kappa shape index (κ1) is 26.3. The molecule has 4 N–H and O–H groups in total. The number of aromatic amines is 2. The van der Waals surface area contributed by atoms with E-state index in [2.05, 4.69) is 19.9 Å². The van der Waals surface area contributed by atoms with Gasteiger partial charge in [0.15, 0.2) is 10.3 Å². The summed E-state index contributed by atoms with van der Waals surface area (Å²) >= 11 is 2.27. The minimum atomic E-state index is -0.932. The molecule has 40 heavy (non-hydrogen) atoms. The summed E-state index contributed by atoms with van der Waals surface area (Å²) in [7, 11) is 0. The SMILES string of the molecule is Cc1cc(=O)oc2cc(OCC(O)Sc3nc4ccccc4[nH]3)cc(OCC(O)Sc3nc4ccccc4[nH]3)c12. The molecule has 12 heteroatoms. The first-order chi connectivity index (χ1) is 19.4. The van der Waals surface area contributed by atoms with Crippen LogP contribution >= 0.6 is 23.5 Å². The van der Waals surface area contributed by atoms with E-state index >= 15 is 0 Å². The average molecular weight is 577 g/mol. The van der Waals surface area contributed by atoms with Gasteiger partial charge in [0.1, 0.15) is 41.2 Å². The zero-order valence-corrected chi connectivity index (χ0v) is 22.8. The Labute approximate surface area is 235 Å². The van der Waals surface area contributed by atoms with Crippen LogP contribution in [0.25, 0.3) is 33.0 Å². The van der Waals surface area contributed by atoms with E-state index in [0.717, 1.165) is 45.6 Å². The molecular formula is C28H24N4O6S2. The second-order valence-corrected chi connectivity index (χ2v) is 11.3. The Morgan fingerprint density at radius 2 is 1.43 bits per heavy atom. The van der Waals surface area contributed by atoms with Crippen molar-refractivity contribution in [2.24, 2.45) is 0 Å². The summed E-state index contributed by atoms with van der Waals surface area (Å²) in [5.41, 5.74) is 1.94. The molecule has 204 valence electrons. The Kier molecular flexibility index (Phi) is 7.39. The fraction of sp³-hybridized carbons (Fsp3) is 0.179. The van der Waals surface area contributed by atoms with E-state index in [9.17, 15) is 15.0 Å². The number of thioether (sulfide) groups is 2. The summed E-state index contributed by atoms with van der Waals surface area (Å²) in [5, 5.41) is 22.9. The fourth-order valence-electron chi connectivity index (χ4n) is 4.24. The second-order valence-electron chi connectivity index (χ2n) is 8.93. The van der Waals surface area contributed by atoms with Gasteiger partial charge in [-0.25, -0.2) is 14.8 Å². The minimum Gasteiger partial charge on any atom is -0.490 e. The van der Waals surface area contributed by atoms with Gasteiger partial charge in [-0.15, -0.1) is 0 Å². The normalized spacial score (nSPS) is 13.2. The maximum absolute atomic E-state index is 12.1. The molecule has 3 aromatic heterocycles. The van der Waals surface area contributed by atoms with Crippen LogP contribution in [0.4, 0.5) is 0 Å². The molecule has 0 bridgehead atoms. The van der Waals surface area contributed by atoms with Crippen molar-refractivity contribution in [1.82, 2.24) is 19.9 Å². The second kappa shape index (κ2) is 11.3. The molecule has 6 aromatic rings. The van der Waals surface area contributed by atoms with E-state index in [0.29, 0.717) is 32.8 Å². The third-order valence-electron chi connectivity index (χ3n) is 5.98. The number of aryl methyl sites for hydroxylation is 1. The smallest absolute Gasteiger partial charge is 0.336 e. The summed E-state index contributed by atoms with van der Waals surface area (Å²) in [6.45, 7) is 1.65. The van der Waals surface area contributed by atoms with Crippen molar-refractivity contribution in [2.45, 2.75) is 28.1 Å². The van der Waals surface area contributed by atoms with Gasteiger partial charge in [-0.05, 0) is 36.8 Å². The lowest BCUT2D eigenvalue weighted by molar-refractivity contribution is 0.169. The Morgan fingerprint density at radius 3 is 2.02 bits per heavy atom. The number of nitrogens with zero attached hydrogens (tertiary/aromatic N) is 2. The van der Waals surface area contributed by atoms with E-state index < -0.39 is 16.5 Å². The van der Waals surface area contributed by atoms with Crippen LogP contribution in [0.15, 0.2) is 86.3 Å². The first-order valence-corrected chi connectivity index (χ1v) is 14.1. The third-order valence-corrected chi connectivity index (χ3v) is 7.63. The number of hydrogen-bond donors (Lipinski definition) is 4. The number of aromatic nitrogens is 4. The van der Waals surface area contributed by atoms with E-state index in [-0.39, 0.29) is 18.8 Å². The Morgan fingerprint density at radius 1 is 0.850 bits per heavy atom. The summed E-state index contributed by atoms with van der Waals surface area (Å²) in [5.74, 6) is 0.706. The highest BCUT2D eigenvalue weighted by atomic mass is 32.2. The summed E-state index contributed by atoms with van der Waals surface area (Å²) in [4.78, 5) is 27.3. The van der Waals surface area contributed by atoms with E-state index in [1.807, 2.05) is 48.5 Å². The van der Waals surface area contributed by atoms with Gasteiger partial charge in [-0.2, -0.15) is 0 Å². The molecule has 0 fully saturated rings. The van der Waals surface area contributed by atoms with Gasteiger partial charge < -0.3 is 34.1 Å². The highest BCUT2D eigenvalue weighted by Crippen LogP contribution is 2.34. The molecule has 0 saturated heterocycles. The summed E-state index contributed by atoms with van der Waals surface area (Å²) in [6.07, 6.45) is 0. The summed E-state index contributed by atoms with van der Waals surface area (Å²) in [6, 6.07) is 19.8. The number of ether oxygens (including phenoxy) is 2. The summed E-state index contributed by atoms with van der Waals surface area (Å²) < 4.78 is 17.2. The van der Waals surface area contributed by atoms with E-state index in [4.69, 9.17) is 13.9 Å². The lowest BCUT2D eigenvalue weighted by atomic mass is 10.1. The largest absolute Gasteiger partial charge is 0.490 e. The Hall–Kier alpha value is -3.97. The van der Waals surface area contributed by atoms with Gasteiger partial charge >= 0.3 is 5.63 Å². The molecule has 0 aliphatic rings. The number of aliphatic hydroxyl groups excluding tert-OH is 2. The van der Waals surface area contributed by atoms with Crippen molar-refractivity contribution in [1.29, 1.82) is 0 Å². The molecule has 3 aromatic carbocycles. The molecule has 0 amide bonds. The van der Waals surface area contributed by atoms with Crippen molar-refractivity contribution in [3.63, 3.8) is 0 Å². The number of imidazole rings is 2. The van der Waals surface area contributed by atoms with E-state index in [1.54, 1.807) is 19.1 Å². The lowest BCUT2D eigenvalue weighted by Crippen LogP contribution is -2.15. The number of para-hydroxylation sites is 4. The fourth-order valence-corrected chi connectivity index (χ4v) is 5.67. The standard InChI is InChI=1S/C28H24N4O6S2/c1-15-10-23(33)38-22-12-16(36-13-24(34)39-27-29-17-6-2-3-7-18(17)30-27)11-21(26(15)22)37-14-25(35)40-28-31-19-8-4-5-9-20(19)32-28/h2-12,24-25,34-35H,13-14H2,1H3,(H,29,30)(H,31,32). The molecule has 3 heterocycles. The van der Waals surface area contributed by atoms with Gasteiger partial charge in [0.2, 0.25) is 0 Å². The number of nitrogens with one attached hydrogen (secondary N) is 2. The third kappa shape index (κ3) is 5.80. The maximum atomic E-state index is 12.1. The first-order valence-electron chi connectivity index (χ1n) is 12.3. The van der Waals surface area contributed by atoms with Crippen LogP contribution in [0.2, 0.25) is 0 Å². The number of hydrogen-bond acceptors (Lipinski definition) is 10. The molecular weight excluding hydrogens is 552 g/mol. The average Bonchev–Trinajstić information content (AvgIpc) is 3.52. The van der Waals surface area contributed by atoms with Crippen molar-refractivity contribution >= 4 is 56.6 Å². The number of rotatable bonds is 10. The van der Waals surface area contributed by atoms with Crippen molar-refractivity contribution in [3.8, 4) is 11.5 Å². The number of benzene rings is 3. The highest BCUT2D eigenvalue weighted by Gasteiger charge is 2.17. The molecule has 2 unspecified atom stereocenters. The number of aliphatic hydroxyl groups is 2. The van der Waals surface area contributed by atoms with Gasteiger partial charge in [-0.1, -0.05) is 47.8 Å². The van der Waals surface area contributed by atoms with Crippen LogP contribution in [0.3, 0.4) is 0 Å². The Balaban J connectivity index is 1.16. The molecule has 0 spiro atoms. The number of H-pyrrole nitrogens is 2. The van der Waals surface area contributed by atoms with E-state index in [1.165, 1.54) is 6.07 Å². The highest BCUT2D eigenvalue weighted by molar-refractivity contribution is 7.99. The van der Waals surface area contributed by atoms with Crippen LogP contribution in [0.5, 0.6) is 11.5 Å². The predicted molar refractivity (Wildman–Crippen MR) is 154 cm³/mol. The van der Waals surface area contributed by atoms with Gasteiger partial charge in [0, 0.05) is 18.2 Å². The monoisotopic (exact) mass is 576 g/mol. The van der Waals surface area contributed by atoms with Crippen LogP contribution in [-0.2, 0) is 0 Å². The molecule has 10 nitrogen and oxygen atoms in total. The van der Waals surface area contributed by atoms with Crippen LogP contribution in [0.1, 0.15) is 5.56 Å². The zero-order valence-electron chi connectivity index (χ0n) is 21.2. The maximum Gasteiger partial charge on any atom is 0.336 e. The predicted octanol–water partition coefficient (Wildman–Crippen LogP) is 4.83. The van der Waals surface area contributed by atoms with Gasteiger partial charge in [-0.3, -0.25) is 0 Å². The van der Waals surface area contributed by atoms with Crippen LogP contribution < -0.4 is 15.1 Å². The molecule has 2 atom stereocenters. The molecule has 0 aliphatic carbocycles. The topological polar surface area (TPSA) is 146 Å². The van der Waals surface area contributed by atoms with Crippen LogP contribution in [0, 0.1) is 6.92 Å². The zero-order chi connectivity index (χ0) is 27.6. The van der Waals surface area contributed by atoms with Crippen molar-refractivity contribution in [2.75, 3.05) is 13.2 Å². The van der Waals surface area contributed by atoms with Gasteiger partial charge in [0.25, 0.3) is 0 Å². The van der Waals surface area contributed by atoms with Gasteiger partial charge in [0.05, 0.1) is 27.5 Å². The Bertz CT molecular complexity index is 1800. The number of fused-ring (bicyclic) bond motifs is 3. The molecule has 0 radical (unpaired) electrons.